The molecule has 0 aliphatic heterocycles. The number of hydrogen-bond acceptors (Lipinski definition) is 4. The first-order chi connectivity index (χ1) is 7.29. The van der Waals surface area contributed by atoms with Gasteiger partial charge in [0.25, 0.3) is 5.91 Å². The van der Waals surface area contributed by atoms with Crippen molar-refractivity contribution in [3.8, 4) is 0 Å². The number of rotatable bonds is 3. The van der Waals surface area contributed by atoms with Crippen LogP contribution in [0.25, 0.3) is 0 Å². The van der Waals surface area contributed by atoms with Crippen LogP contribution in [0.2, 0.25) is 0 Å². The first kappa shape index (κ1) is 9.41. The Labute approximate surface area is 85.5 Å². The molecule has 2 heterocycles. The number of nitrogens with one attached hydrogen (secondary N) is 1. The van der Waals surface area contributed by atoms with Crippen LogP contribution in [0.4, 0.5) is 0 Å². The number of nitrogen functional groups attached to an aromatic ring is 1. The molecule has 78 valence electrons. The predicted octanol–water partition coefficient (Wildman–Crippen LogP) is -0.811. The fraction of sp³-hybridized carbons (Fsp3) is 0.125. The third-order valence-electron chi connectivity index (χ3n) is 1.85. The zero-order chi connectivity index (χ0) is 10.7. The van der Waals surface area contributed by atoms with Crippen LogP contribution < -0.4 is 11.3 Å². The van der Waals surface area contributed by atoms with Crippen molar-refractivity contribution >= 4 is 5.91 Å². The molecular weight excluding hydrogens is 196 g/mol. The Morgan fingerprint density at radius 2 is 2.33 bits per heavy atom. The molecule has 0 fully saturated rings. The summed E-state index contributed by atoms with van der Waals surface area (Å²) in [7, 11) is 0. The van der Waals surface area contributed by atoms with E-state index in [4.69, 9.17) is 5.84 Å². The molecule has 0 aliphatic carbocycles. The fourth-order valence-electron chi connectivity index (χ4n) is 1.17. The van der Waals surface area contributed by atoms with Gasteiger partial charge in [-0.1, -0.05) is 0 Å². The maximum atomic E-state index is 11.1. The van der Waals surface area contributed by atoms with Crippen molar-refractivity contribution in [2.75, 3.05) is 0 Å². The van der Waals surface area contributed by atoms with Crippen LogP contribution in [0.5, 0.6) is 0 Å². The van der Waals surface area contributed by atoms with E-state index >= 15 is 0 Å². The second kappa shape index (κ2) is 3.93. The number of nitrogens with two attached hydrogens (primary N) is 1. The third-order valence-corrected chi connectivity index (χ3v) is 1.85. The monoisotopic (exact) mass is 206 g/mol. The van der Waals surface area contributed by atoms with Gasteiger partial charge in [-0.05, 0) is 12.1 Å². The lowest BCUT2D eigenvalue weighted by Gasteiger charge is -2.00. The van der Waals surface area contributed by atoms with Crippen LogP contribution in [0.15, 0.2) is 30.7 Å². The standard InChI is InChI=1S/C8H10N6O/c9-11-8(15)7-2-5-14(12-7)6-13-4-1-3-10-13/h1-5H,6,9H2,(H,11,15). The highest BCUT2D eigenvalue weighted by atomic mass is 16.2. The Kier molecular flexibility index (Phi) is 2.46. The van der Waals surface area contributed by atoms with E-state index in [-0.39, 0.29) is 5.69 Å². The van der Waals surface area contributed by atoms with Gasteiger partial charge in [-0.2, -0.15) is 10.2 Å². The lowest BCUT2D eigenvalue weighted by atomic mass is 10.4. The zero-order valence-corrected chi connectivity index (χ0v) is 7.87. The molecule has 7 heteroatoms. The van der Waals surface area contributed by atoms with E-state index in [1.807, 2.05) is 17.7 Å². The highest BCUT2D eigenvalue weighted by Gasteiger charge is 2.06. The van der Waals surface area contributed by atoms with Crippen LogP contribution in [-0.2, 0) is 6.67 Å². The average molecular weight is 206 g/mol. The van der Waals surface area contributed by atoms with E-state index in [1.54, 1.807) is 27.8 Å². The molecule has 0 saturated heterocycles. The fourth-order valence-corrected chi connectivity index (χ4v) is 1.17. The Hall–Kier alpha value is -2.15. The molecular formula is C8H10N6O. The molecule has 3 N–H and O–H groups in total. The van der Waals surface area contributed by atoms with Crippen molar-refractivity contribution in [3.05, 3.63) is 36.4 Å². The lowest BCUT2D eigenvalue weighted by Crippen LogP contribution is -2.30. The predicted molar refractivity (Wildman–Crippen MR) is 51.5 cm³/mol. The third kappa shape index (κ3) is 2.02. The molecule has 0 radical (unpaired) electrons. The quantitative estimate of drug-likeness (QED) is 0.390. The van der Waals surface area contributed by atoms with Gasteiger partial charge in [-0.3, -0.25) is 19.6 Å². The first-order valence-electron chi connectivity index (χ1n) is 4.31. The molecule has 0 unspecified atom stereocenters. The molecule has 2 rings (SSSR count). The van der Waals surface area contributed by atoms with Gasteiger partial charge >= 0.3 is 0 Å². The smallest absolute Gasteiger partial charge is 0.285 e. The van der Waals surface area contributed by atoms with Crippen molar-refractivity contribution in [2.45, 2.75) is 6.67 Å². The Bertz CT molecular complexity index is 445. The van der Waals surface area contributed by atoms with Gasteiger partial charge in [0.05, 0.1) is 0 Å². The van der Waals surface area contributed by atoms with Crippen LogP contribution in [-0.4, -0.2) is 25.5 Å². The summed E-state index contributed by atoms with van der Waals surface area (Å²) in [5, 5.41) is 8.04. The van der Waals surface area contributed by atoms with Crippen molar-refractivity contribution in [1.82, 2.24) is 25.0 Å². The maximum Gasteiger partial charge on any atom is 0.285 e. The topological polar surface area (TPSA) is 90.8 Å². The molecule has 0 atom stereocenters. The molecule has 0 spiro atoms. The molecule has 1 amide bonds. The van der Waals surface area contributed by atoms with E-state index < -0.39 is 5.91 Å². The van der Waals surface area contributed by atoms with Crippen LogP contribution in [0.1, 0.15) is 10.5 Å². The second-order valence-corrected chi connectivity index (χ2v) is 2.90. The Morgan fingerprint density at radius 3 is 3.00 bits per heavy atom. The zero-order valence-electron chi connectivity index (χ0n) is 7.87. The van der Waals surface area contributed by atoms with E-state index in [2.05, 4.69) is 10.2 Å². The van der Waals surface area contributed by atoms with E-state index in [0.717, 1.165) is 0 Å². The van der Waals surface area contributed by atoms with Crippen molar-refractivity contribution in [3.63, 3.8) is 0 Å². The van der Waals surface area contributed by atoms with Gasteiger partial charge in [-0.15, -0.1) is 0 Å². The number of nitrogens with zero attached hydrogens (tertiary/aromatic N) is 4. The number of aromatic nitrogens is 4. The highest BCUT2D eigenvalue weighted by molar-refractivity contribution is 5.91. The van der Waals surface area contributed by atoms with E-state index in [0.29, 0.717) is 6.67 Å². The van der Waals surface area contributed by atoms with Crippen LogP contribution in [0.3, 0.4) is 0 Å². The highest BCUT2D eigenvalue weighted by Crippen LogP contribution is 1.95. The minimum atomic E-state index is -0.408. The van der Waals surface area contributed by atoms with Crippen LogP contribution in [0, 0.1) is 0 Å². The van der Waals surface area contributed by atoms with Gasteiger partial charge < -0.3 is 0 Å². The summed E-state index contributed by atoms with van der Waals surface area (Å²) in [4.78, 5) is 11.1. The van der Waals surface area contributed by atoms with Gasteiger partial charge in [0, 0.05) is 18.6 Å². The number of carbonyl (C=O) groups is 1. The number of hydrogen-bond donors (Lipinski definition) is 2. The largest absolute Gasteiger partial charge is 0.289 e. The number of carbonyl (C=O) groups excluding carboxylic acids is 1. The Balaban J connectivity index is 2.11. The number of amides is 1. The summed E-state index contributed by atoms with van der Waals surface area (Å²) in [6.07, 6.45) is 5.17. The summed E-state index contributed by atoms with van der Waals surface area (Å²) in [6.45, 7) is 0.463. The van der Waals surface area contributed by atoms with E-state index in [1.165, 1.54) is 0 Å². The molecule has 0 bridgehead atoms. The SMILES string of the molecule is NNC(=O)c1ccn(Cn2cccn2)n1. The first-order valence-corrected chi connectivity index (χ1v) is 4.31. The number of hydrazine groups is 1. The minimum absolute atomic E-state index is 0.282. The molecule has 15 heavy (non-hydrogen) atoms. The average Bonchev–Trinajstić information content (AvgIpc) is 2.88. The summed E-state index contributed by atoms with van der Waals surface area (Å²) >= 11 is 0. The maximum absolute atomic E-state index is 11.1. The summed E-state index contributed by atoms with van der Waals surface area (Å²) in [5.74, 6) is 4.57. The van der Waals surface area contributed by atoms with Crippen molar-refractivity contribution in [2.24, 2.45) is 5.84 Å². The second-order valence-electron chi connectivity index (χ2n) is 2.90. The summed E-state index contributed by atoms with van der Waals surface area (Å²) < 4.78 is 3.29. The molecule has 2 aromatic rings. The lowest BCUT2D eigenvalue weighted by molar-refractivity contribution is 0.0947. The summed E-state index contributed by atoms with van der Waals surface area (Å²) in [5.41, 5.74) is 2.30. The molecule has 0 saturated carbocycles. The van der Waals surface area contributed by atoms with Crippen molar-refractivity contribution in [1.29, 1.82) is 0 Å². The van der Waals surface area contributed by atoms with Gasteiger partial charge in [-0.25, -0.2) is 5.84 Å². The molecule has 2 aromatic heterocycles. The Morgan fingerprint density at radius 1 is 1.47 bits per heavy atom. The minimum Gasteiger partial charge on any atom is -0.289 e. The van der Waals surface area contributed by atoms with Crippen LogP contribution >= 0.6 is 0 Å². The molecule has 0 aromatic carbocycles. The normalized spacial score (nSPS) is 10.2. The summed E-state index contributed by atoms with van der Waals surface area (Å²) in [6, 6.07) is 3.41. The van der Waals surface area contributed by atoms with Gasteiger partial charge in [0.2, 0.25) is 0 Å². The van der Waals surface area contributed by atoms with Gasteiger partial charge in [0.15, 0.2) is 5.69 Å². The van der Waals surface area contributed by atoms with E-state index in [9.17, 15) is 4.79 Å². The molecule has 0 aliphatic rings. The molecule has 7 nitrogen and oxygen atoms in total. The van der Waals surface area contributed by atoms with Gasteiger partial charge in [0.1, 0.15) is 6.67 Å². The van der Waals surface area contributed by atoms with Crippen molar-refractivity contribution < 1.29 is 4.79 Å².